The van der Waals surface area contributed by atoms with Gasteiger partial charge in [0.2, 0.25) is 11.8 Å². The van der Waals surface area contributed by atoms with Gasteiger partial charge < -0.3 is 30.1 Å². The van der Waals surface area contributed by atoms with Crippen molar-refractivity contribution in [1.29, 1.82) is 0 Å². The van der Waals surface area contributed by atoms with Crippen LogP contribution in [0.25, 0.3) is 0 Å². The van der Waals surface area contributed by atoms with E-state index < -0.39 is 48.2 Å². The molecule has 3 N–H and O–H groups in total. The summed E-state index contributed by atoms with van der Waals surface area (Å²) in [6.07, 6.45) is 5.83. The van der Waals surface area contributed by atoms with Gasteiger partial charge in [-0.1, -0.05) is 31.4 Å². The summed E-state index contributed by atoms with van der Waals surface area (Å²) in [6.45, 7) is 8.34. The van der Waals surface area contributed by atoms with Gasteiger partial charge in [0.15, 0.2) is 0 Å². The molecule has 2 atom stereocenters. The summed E-state index contributed by atoms with van der Waals surface area (Å²) < 4.78 is 10.1. The van der Waals surface area contributed by atoms with Crippen LogP contribution in [0.1, 0.15) is 71.0 Å². The first kappa shape index (κ1) is 31.4. The highest BCUT2D eigenvalue weighted by Crippen LogP contribution is 2.24. The summed E-state index contributed by atoms with van der Waals surface area (Å²) in [5, 5.41) is 15.0. The molecule has 204 valence electrons. The van der Waals surface area contributed by atoms with Crippen LogP contribution in [-0.2, 0) is 23.9 Å². The van der Waals surface area contributed by atoms with Crippen molar-refractivity contribution < 1.29 is 33.8 Å². The number of esters is 1. The molecule has 0 saturated heterocycles. The molecule has 1 aromatic rings. The number of rotatable bonds is 13. The Kier molecular flexibility index (Phi) is 13.2. The second-order valence-electron chi connectivity index (χ2n) is 9.28. The highest BCUT2D eigenvalue weighted by Gasteiger charge is 2.35. The Hall–Kier alpha value is -3.58. The molecule has 0 saturated carbocycles. The minimum absolute atomic E-state index is 0.00595. The first-order chi connectivity index (χ1) is 17.5. The smallest absolute Gasteiger partial charge is 0.408 e. The SMILES string of the molecule is C#Cc1ccc(C(C(=O)NCCC(=O)OCC)N(CCCC)C(=O)C(CO)NC(=O)OC(C)(C)C)cc1. The maximum atomic E-state index is 13.6. The van der Waals surface area contributed by atoms with Crippen LogP contribution in [0.2, 0.25) is 0 Å². The predicted octanol–water partition coefficient (Wildman–Crippen LogP) is 2.29. The number of unbranched alkanes of at least 4 members (excludes halogenated alkanes) is 1. The molecule has 37 heavy (non-hydrogen) atoms. The Labute approximate surface area is 219 Å². The molecule has 1 rings (SSSR count). The maximum absolute atomic E-state index is 13.6. The largest absolute Gasteiger partial charge is 0.466 e. The number of ether oxygens (including phenoxy) is 2. The van der Waals surface area contributed by atoms with Gasteiger partial charge in [0.05, 0.1) is 19.6 Å². The summed E-state index contributed by atoms with van der Waals surface area (Å²) >= 11 is 0. The Morgan fingerprint density at radius 2 is 1.78 bits per heavy atom. The monoisotopic (exact) mass is 517 g/mol. The average Bonchev–Trinajstić information content (AvgIpc) is 2.83. The van der Waals surface area contributed by atoms with Crippen molar-refractivity contribution in [3.8, 4) is 12.3 Å². The number of amides is 3. The fraction of sp³-hybridized carbons (Fsp3) is 0.556. The Morgan fingerprint density at radius 3 is 2.30 bits per heavy atom. The van der Waals surface area contributed by atoms with Crippen molar-refractivity contribution in [3.05, 3.63) is 35.4 Å². The third-order valence-corrected chi connectivity index (χ3v) is 5.09. The van der Waals surface area contributed by atoms with E-state index in [1.54, 1.807) is 52.0 Å². The van der Waals surface area contributed by atoms with Crippen molar-refractivity contribution >= 4 is 23.9 Å². The van der Waals surface area contributed by atoms with Gasteiger partial charge in [-0.3, -0.25) is 14.4 Å². The highest BCUT2D eigenvalue weighted by molar-refractivity contribution is 5.92. The first-order valence-electron chi connectivity index (χ1n) is 12.4. The lowest BCUT2D eigenvalue weighted by Crippen LogP contribution is -2.54. The number of hydrogen-bond acceptors (Lipinski definition) is 7. The van der Waals surface area contributed by atoms with Gasteiger partial charge in [-0.25, -0.2) is 4.79 Å². The number of aliphatic hydroxyl groups is 1. The van der Waals surface area contributed by atoms with Crippen LogP contribution in [0.4, 0.5) is 4.79 Å². The molecule has 0 aromatic heterocycles. The van der Waals surface area contributed by atoms with Gasteiger partial charge in [-0.2, -0.15) is 0 Å². The van der Waals surface area contributed by atoms with E-state index in [1.807, 2.05) is 6.92 Å². The number of benzene rings is 1. The molecule has 10 heteroatoms. The van der Waals surface area contributed by atoms with Gasteiger partial charge in [-0.05, 0) is 51.8 Å². The number of terminal acetylenes is 1. The van der Waals surface area contributed by atoms with Crippen LogP contribution in [0.3, 0.4) is 0 Å². The summed E-state index contributed by atoms with van der Waals surface area (Å²) in [5.41, 5.74) is 0.261. The third-order valence-electron chi connectivity index (χ3n) is 5.09. The Bertz CT molecular complexity index is 948. The molecule has 0 radical (unpaired) electrons. The van der Waals surface area contributed by atoms with E-state index in [4.69, 9.17) is 15.9 Å². The molecule has 0 aliphatic rings. The number of aliphatic hydroxyl groups excluding tert-OH is 1. The van der Waals surface area contributed by atoms with Crippen LogP contribution in [0, 0.1) is 12.3 Å². The van der Waals surface area contributed by atoms with E-state index in [-0.39, 0.29) is 26.1 Å². The molecule has 1 aromatic carbocycles. The van der Waals surface area contributed by atoms with E-state index in [9.17, 15) is 24.3 Å². The molecule has 2 unspecified atom stereocenters. The molecule has 0 aliphatic heterocycles. The highest BCUT2D eigenvalue weighted by atomic mass is 16.6. The minimum Gasteiger partial charge on any atom is -0.466 e. The third kappa shape index (κ3) is 10.9. The summed E-state index contributed by atoms with van der Waals surface area (Å²) in [7, 11) is 0. The van der Waals surface area contributed by atoms with Crippen molar-refractivity contribution in [1.82, 2.24) is 15.5 Å². The van der Waals surface area contributed by atoms with Crippen LogP contribution in [-0.4, -0.2) is 71.8 Å². The van der Waals surface area contributed by atoms with E-state index >= 15 is 0 Å². The molecule has 10 nitrogen and oxygen atoms in total. The van der Waals surface area contributed by atoms with Gasteiger partial charge in [0.1, 0.15) is 17.7 Å². The van der Waals surface area contributed by atoms with E-state index in [0.29, 0.717) is 17.5 Å². The number of hydrogen-bond donors (Lipinski definition) is 3. The van der Waals surface area contributed by atoms with Crippen LogP contribution < -0.4 is 10.6 Å². The minimum atomic E-state index is -1.34. The quantitative estimate of drug-likeness (QED) is 0.270. The lowest BCUT2D eigenvalue weighted by atomic mass is 10.0. The molecule has 3 amide bonds. The number of alkyl carbamates (subject to hydrolysis) is 1. The average molecular weight is 518 g/mol. The predicted molar refractivity (Wildman–Crippen MR) is 138 cm³/mol. The van der Waals surface area contributed by atoms with Gasteiger partial charge in [0, 0.05) is 18.7 Å². The fourth-order valence-electron chi connectivity index (χ4n) is 3.38. The second kappa shape index (κ2) is 15.5. The number of carbonyl (C=O) groups is 4. The normalized spacial score (nSPS) is 12.5. The summed E-state index contributed by atoms with van der Waals surface area (Å²) in [4.78, 5) is 52.3. The van der Waals surface area contributed by atoms with Crippen molar-refractivity contribution in [2.75, 3.05) is 26.3 Å². The molecular formula is C27H39N3O7. The Balaban J connectivity index is 3.31. The number of nitrogens with zero attached hydrogens (tertiary/aromatic N) is 1. The van der Waals surface area contributed by atoms with Crippen LogP contribution in [0.15, 0.2) is 24.3 Å². The van der Waals surface area contributed by atoms with Crippen molar-refractivity contribution in [2.24, 2.45) is 0 Å². The molecule has 0 heterocycles. The first-order valence-corrected chi connectivity index (χ1v) is 12.4. The van der Waals surface area contributed by atoms with Gasteiger partial charge in [-0.15, -0.1) is 6.42 Å². The lowest BCUT2D eigenvalue weighted by Gasteiger charge is -2.34. The fourth-order valence-corrected chi connectivity index (χ4v) is 3.38. The number of carbonyl (C=O) groups excluding carboxylic acids is 4. The summed E-state index contributed by atoms with van der Waals surface area (Å²) in [6, 6.07) is 4.14. The molecule has 0 aliphatic carbocycles. The molecule has 0 fully saturated rings. The Morgan fingerprint density at radius 1 is 1.14 bits per heavy atom. The summed E-state index contributed by atoms with van der Waals surface area (Å²) in [5.74, 6) is 0.858. The maximum Gasteiger partial charge on any atom is 0.408 e. The van der Waals surface area contributed by atoms with Crippen LogP contribution >= 0.6 is 0 Å². The second-order valence-corrected chi connectivity index (χ2v) is 9.28. The molecule has 0 bridgehead atoms. The van der Waals surface area contributed by atoms with Gasteiger partial charge in [0.25, 0.3) is 0 Å². The van der Waals surface area contributed by atoms with E-state index in [1.165, 1.54) is 4.90 Å². The van der Waals surface area contributed by atoms with Gasteiger partial charge >= 0.3 is 12.1 Å². The standard InChI is InChI=1S/C27H39N3O7/c1-7-10-17-30(25(34)21(18-31)29-26(35)37-27(4,5)6)23(20-13-11-19(8-2)12-14-20)24(33)28-16-15-22(32)36-9-3/h2,11-14,21,23,31H,7,9-10,15-18H2,1,3-6H3,(H,28,33)(H,29,35). The zero-order valence-corrected chi connectivity index (χ0v) is 22.3. The topological polar surface area (TPSA) is 134 Å². The van der Waals surface area contributed by atoms with Crippen molar-refractivity contribution in [2.45, 2.75) is 71.6 Å². The molecular weight excluding hydrogens is 478 g/mol. The van der Waals surface area contributed by atoms with E-state index in [0.717, 1.165) is 6.42 Å². The zero-order chi connectivity index (χ0) is 28.0. The zero-order valence-electron chi connectivity index (χ0n) is 22.3. The lowest BCUT2D eigenvalue weighted by molar-refractivity contribution is -0.144. The van der Waals surface area contributed by atoms with E-state index in [2.05, 4.69) is 16.6 Å². The number of nitrogens with one attached hydrogen (secondary N) is 2. The van der Waals surface area contributed by atoms with Crippen LogP contribution in [0.5, 0.6) is 0 Å². The molecule has 0 spiro atoms. The van der Waals surface area contributed by atoms with Crippen molar-refractivity contribution in [3.63, 3.8) is 0 Å².